The summed E-state index contributed by atoms with van der Waals surface area (Å²) in [5.41, 5.74) is 4.12. The molecule has 7 amide bonds. The summed E-state index contributed by atoms with van der Waals surface area (Å²) in [5, 5.41) is 10.7. The number of piperazine rings is 1. The summed E-state index contributed by atoms with van der Waals surface area (Å²) in [4.78, 5) is 98.4. The highest BCUT2D eigenvalue weighted by Crippen LogP contribution is 2.41. The number of H-pyrrole nitrogens is 1. The van der Waals surface area contributed by atoms with Gasteiger partial charge in [-0.2, -0.15) is 0 Å². The van der Waals surface area contributed by atoms with Gasteiger partial charge in [0.15, 0.2) is 0 Å². The van der Waals surface area contributed by atoms with Crippen LogP contribution in [0.25, 0.3) is 21.7 Å². The van der Waals surface area contributed by atoms with Crippen LogP contribution in [0.5, 0.6) is 5.75 Å². The first-order valence-electron chi connectivity index (χ1n) is 20.7. The minimum atomic E-state index is -0.429. The number of ether oxygens (including phenoxy) is 1. The summed E-state index contributed by atoms with van der Waals surface area (Å²) < 4.78 is 6.00. The van der Waals surface area contributed by atoms with Crippen molar-refractivity contribution in [3.8, 4) is 5.75 Å². The number of likely N-dealkylation sites (N-methyl/N-ethyl adjacent to an activating group) is 1. The molecule has 4 N–H and O–H groups in total. The van der Waals surface area contributed by atoms with Crippen molar-refractivity contribution in [2.75, 3.05) is 68.4 Å². The van der Waals surface area contributed by atoms with Crippen molar-refractivity contribution in [2.24, 2.45) is 0 Å². The Bertz CT molecular complexity index is 2610. The summed E-state index contributed by atoms with van der Waals surface area (Å²) in [6.07, 6.45) is 4.71. The highest BCUT2D eigenvalue weighted by molar-refractivity contribution is 6.13. The number of rotatable bonds is 13. The van der Waals surface area contributed by atoms with Gasteiger partial charge in [-0.25, -0.2) is 4.79 Å². The molecular formula is C46H46N8O8. The van der Waals surface area contributed by atoms with Crippen LogP contribution in [-0.4, -0.2) is 114 Å². The lowest BCUT2D eigenvalue weighted by atomic mass is 10.0. The predicted molar refractivity (Wildman–Crippen MR) is 233 cm³/mol. The van der Waals surface area contributed by atoms with Crippen molar-refractivity contribution >= 4 is 80.3 Å². The number of nitrogens with one attached hydrogen (secondary N) is 4. The number of hydrogen-bond acceptors (Lipinski definition) is 9. The van der Waals surface area contributed by atoms with Crippen LogP contribution in [-0.2, 0) is 25.6 Å². The molecule has 1 fully saturated rings. The van der Waals surface area contributed by atoms with Crippen molar-refractivity contribution < 1.29 is 38.3 Å². The van der Waals surface area contributed by atoms with E-state index in [1.807, 2.05) is 31.3 Å². The number of imide groups is 1. The fourth-order valence-corrected chi connectivity index (χ4v) is 7.91. The summed E-state index contributed by atoms with van der Waals surface area (Å²) in [5.74, 6) is -1.56. The van der Waals surface area contributed by atoms with Crippen molar-refractivity contribution in [2.45, 2.75) is 32.1 Å². The number of aromatic nitrogens is 1. The Balaban J connectivity index is 0.838. The number of fused-ring (bicyclic) bond motifs is 4. The lowest BCUT2D eigenvalue weighted by molar-refractivity contribution is -0.137. The SMILES string of the molecule is CN1CCN(C(=O)Oc2cc3c(c4ccccc24)CCN3C(=O)c2cc3cc(NC(=O)c4ccc(NC(=O)CNC(=O)CCCCCN5C(=O)C=CC5=O)cc4)ccc3[nH]2)CC1. The topological polar surface area (TPSA) is 194 Å². The Morgan fingerprint density at radius 1 is 0.742 bits per heavy atom. The average molecular weight is 839 g/mol. The van der Waals surface area contributed by atoms with Gasteiger partial charge in [0, 0.05) is 97.1 Å². The van der Waals surface area contributed by atoms with E-state index in [9.17, 15) is 33.6 Å². The maximum absolute atomic E-state index is 14.1. The maximum Gasteiger partial charge on any atom is 0.415 e. The van der Waals surface area contributed by atoms with Crippen molar-refractivity contribution in [3.05, 3.63) is 108 Å². The molecule has 3 aliphatic heterocycles. The van der Waals surface area contributed by atoms with E-state index in [1.54, 1.807) is 64.4 Å². The summed E-state index contributed by atoms with van der Waals surface area (Å²) >= 11 is 0. The molecule has 4 heterocycles. The molecule has 4 aromatic carbocycles. The molecule has 3 aliphatic rings. The number of amides is 7. The van der Waals surface area contributed by atoms with Gasteiger partial charge in [-0.15, -0.1) is 0 Å². The van der Waals surface area contributed by atoms with Gasteiger partial charge in [-0.1, -0.05) is 30.7 Å². The zero-order valence-corrected chi connectivity index (χ0v) is 34.2. The Labute approximate surface area is 356 Å². The number of hydrogen-bond donors (Lipinski definition) is 4. The molecule has 16 heteroatoms. The van der Waals surface area contributed by atoms with Gasteiger partial charge in [-0.05, 0) is 85.8 Å². The first kappa shape index (κ1) is 41.4. The molecule has 0 unspecified atom stereocenters. The smallest absolute Gasteiger partial charge is 0.409 e. The monoisotopic (exact) mass is 838 g/mol. The fourth-order valence-electron chi connectivity index (χ4n) is 7.91. The van der Waals surface area contributed by atoms with Crippen molar-refractivity contribution in [1.29, 1.82) is 0 Å². The van der Waals surface area contributed by atoms with Gasteiger partial charge in [0.1, 0.15) is 11.4 Å². The Morgan fingerprint density at radius 3 is 2.23 bits per heavy atom. The van der Waals surface area contributed by atoms with E-state index in [2.05, 4.69) is 25.8 Å². The zero-order valence-electron chi connectivity index (χ0n) is 34.2. The number of carbonyl (C=O) groups is 7. The second-order valence-electron chi connectivity index (χ2n) is 15.6. The van der Waals surface area contributed by atoms with Gasteiger partial charge in [0.2, 0.25) is 11.8 Å². The van der Waals surface area contributed by atoms with Crippen molar-refractivity contribution in [3.63, 3.8) is 0 Å². The standard InChI is InChI=1S/C46H46N8O8/c1-51-21-23-52(24-22-51)46(61)62-39-27-38-34(33-7-4-5-8-35(33)39)18-20-53(38)45(60)37-26-30-25-32(14-15-36(30)50-37)49-44(59)29-10-12-31(13-11-29)48-41(56)28-47-40(55)9-3-2-6-19-54-42(57)16-17-43(54)58/h4-5,7-8,10-17,25-27,50H,2-3,6,9,18-24,28H2,1H3,(H,47,55)(H,48,56)(H,49,59). The van der Waals surface area contributed by atoms with Crippen LogP contribution < -0.4 is 25.6 Å². The van der Waals surface area contributed by atoms with Gasteiger partial charge in [0.25, 0.3) is 23.6 Å². The lowest BCUT2D eigenvalue weighted by Gasteiger charge is -2.31. The van der Waals surface area contributed by atoms with E-state index < -0.39 is 12.0 Å². The number of anilines is 3. The van der Waals surface area contributed by atoms with E-state index in [0.717, 1.165) is 34.8 Å². The minimum absolute atomic E-state index is 0.207. The maximum atomic E-state index is 14.1. The molecule has 0 bridgehead atoms. The third kappa shape index (κ3) is 9.19. The van der Waals surface area contributed by atoms with Crippen LogP contribution in [0.1, 0.15) is 52.1 Å². The predicted octanol–water partition coefficient (Wildman–Crippen LogP) is 5.06. The second-order valence-corrected chi connectivity index (χ2v) is 15.6. The van der Waals surface area contributed by atoms with Crippen LogP contribution >= 0.6 is 0 Å². The van der Waals surface area contributed by atoms with Crippen LogP contribution in [0.3, 0.4) is 0 Å². The number of carbonyl (C=O) groups excluding carboxylic acids is 7. The van der Waals surface area contributed by atoms with E-state index >= 15 is 0 Å². The molecule has 0 aliphatic carbocycles. The summed E-state index contributed by atoms with van der Waals surface area (Å²) in [7, 11) is 2.02. The molecular weight excluding hydrogens is 793 g/mol. The zero-order chi connectivity index (χ0) is 43.3. The van der Waals surface area contributed by atoms with E-state index in [0.29, 0.717) is 91.4 Å². The third-order valence-corrected chi connectivity index (χ3v) is 11.3. The largest absolute Gasteiger partial charge is 0.415 e. The lowest BCUT2D eigenvalue weighted by Crippen LogP contribution is -2.48. The normalized spacial score (nSPS) is 15.0. The molecule has 62 heavy (non-hydrogen) atoms. The summed E-state index contributed by atoms with van der Waals surface area (Å²) in [6.45, 7) is 3.23. The molecule has 0 atom stereocenters. The molecule has 8 rings (SSSR count). The first-order valence-corrected chi connectivity index (χ1v) is 20.7. The Morgan fingerprint density at radius 2 is 1.47 bits per heavy atom. The fraction of sp³-hybridized carbons (Fsp3) is 0.283. The molecule has 0 radical (unpaired) electrons. The van der Waals surface area contributed by atoms with Crippen LogP contribution in [0.4, 0.5) is 21.9 Å². The molecule has 318 valence electrons. The molecule has 0 spiro atoms. The highest BCUT2D eigenvalue weighted by atomic mass is 16.6. The summed E-state index contributed by atoms with van der Waals surface area (Å²) in [6, 6.07) is 23.0. The van der Waals surface area contributed by atoms with Crippen LogP contribution in [0.2, 0.25) is 0 Å². The third-order valence-electron chi connectivity index (χ3n) is 11.3. The number of benzene rings is 4. The van der Waals surface area contributed by atoms with E-state index in [4.69, 9.17) is 4.74 Å². The van der Waals surface area contributed by atoms with Gasteiger partial charge < -0.3 is 40.4 Å². The van der Waals surface area contributed by atoms with E-state index in [-0.39, 0.29) is 42.5 Å². The highest BCUT2D eigenvalue weighted by Gasteiger charge is 2.31. The number of aromatic amines is 1. The van der Waals surface area contributed by atoms with E-state index in [1.165, 1.54) is 17.1 Å². The average Bonchev–Trinajstić information content (AvgIpc) is 3.99. The Hall–Kier alpha value is -7.33. The van der Waals surface area contributed by atoms with Gasteiger partial charge in [0.05, 0.1) is 12.2 Å². The first-order chi connectivity index (χ1) is 30.0. The quantitative estimate of drug-likeness (QED) is 0.0927. The van der Waals surface area contributed by atoms with Crippen molar-refractivity contribution in [1.82, 2.24) is 25.0 Å². The second kappa shape index (κ2) is 18.1. The molecule has 1 aromatic heterocycles. The number of unbranched alkanes of at least 4 members (excludes halogenated alkanes) is 2. The van der Waals surface area contributed by atoms with Gasteiger partial charge >= 0.3 is 6.09 Å². The molecule has 1 saturated heterocycles. The molecule has 0 saturated carbocycles. The minimum Gasteiger partial charge on any atom is -0.409 e. The molecule has 16 nitrogen and oxygen atoms in total. The van der Waals surface area contributed by atoms with Crippen LogP contribution in [0, 0.1) is 0 Å². The molecule has 5 aromatic rings. The van der Waals surface area contributed by atoms with Crippen LogP contribution in [0.15, 0.2) is 91.0 Å². The Kier molecular flexibility index (Phi) is 12.1. The van der Waals surface area contributed by atoms with Gasteiger partial charge in [-0.3, -0.25) is 33.7 Å². The number of nitrogens with zero attached hydrogens (tertiary/aromatic N) is 4.